The van der Waals surface area contributed by atoms with Crippen molar-refractivity contribution in [1.82, 2.24) is 25.4 Å². The first-order valence-electron chi connectivity index (χ1n) is 16.4. The summed E-state index contributed by atoms with van der Waals surface area (Å²) in [6, 6.07) is 3.07. The molecule has 2 heterocycles. The SMILES string of the molecule is CCc1c(-c2ccc(NC(=O)C(NC(=O)/C(=C/C=N)NCCCOC)C(C3CC3)C3CC3)nc2)c(C)nn1COCCS(C)(C)C. The van der Waals surface area contributed by atoms with Crippen LogP contribution >= 0.6 is 10.0 Å². The highest BCUT2D eigenvalue weighted by molar-refractivity contribution is 8.32. The van der Waals surface area contributed by atoms with Crippen molar-refractivity contribution in [3.63, 3.8) is 0 Å². The summed E-state index contributed by atoms with van der Waals surface area (Å²) in [7, 11) is 1.02. The van der Waals surface area contributed by atoms with Gasteiger partial charge < -0.3 is 30.8 Å². The van der Waals surface area contributed by atoms with Crippen LogP contribution in [0.1, 0.15) is 50.4 Å². The molecule has 11 nitrogen and oxygen atoms in total. The monoisotopic (exact) mass is 655 g/mol. The Balaban J connectivity index is 1.47. The standard InChI is InChI=1S/C34H53N7O4S/c1-7-28-30(23(2)40-41(28)22-45-19-20-46(4,5)6)26-13-14-29(37-21-26)38-34(43)32(31(24-9-10-24)25-11-12-25)39-33(42)27(15-16-35)36-17-8-18-44-3/h13-16,21,24-25,31-32,35-36H,7-12,17-20,22H2,1-6H3,(H,39,42)(H,37,38,43)/b27-15-,35-16?. The Morgan fingerprint density at radius 2 is 1.87 bits per heavy atom. The molecule has 1 unspecified atom stereocenters. The van der Waals surface area contributed by atoms with Crippen LogP contribution in [0.3, 0.4) is 0 Å². The number of hydrogen-bond acceptors (Lipinski definition) is 8. The lowest BCUT2D eigenvalue weighted by molar-refractivity contribution is -0.126. The summed E-state index contributed by atoms with van der Waals surface area (Å²) in [5.41, 5.74) is 4.22. The zero-order valence-electron chi connectivity index (χ0n) is 28.4. The topological polar surface area (TPSA) is 143 Å². The molecule has 0 aliphatic heterocycles. The number of nitrogens with zero attached hydrogens (tertiary/aromatic N) is 3. The number of ether oxygens (including phenoxy) is 2. The largest absolute Gasteiger partial charge is 0.385 e. The summed E-state index contributed by atoms with van der Waals surface area (Å²) < 4.78 is 13.0. The number of allylic oxidation sites excluding steroid dienone is 1. The van der Waals surface area contributed by atoms with Gasteiger partial charge in [-0.05, 0) is 100 Å². The van der Waals surface area contributed by atoms with E-state index < -0.39 is 16.1 Å². The number of nitrogens with one attached hydrogen (secondary N) is 4. The second-order valence-electron chi connectivity index (χ2n) is 13.2. The summed E-state index contributed by atoms with van der Waals surface area (Å²) in [5.74, 6) is 1.76. The van der Waals surface area contributed by atoms with Crippen LogP contribution in [-0.4, -0.2) is 90.2 Å². The van der Waals surface area contributed by atoms with Crippen LogP contribution in [0.4, 0.5) is 5.82 Å². The minimum atomic E-state index is -0.698. The number of rotatable bonds is 20. The summed E-state index contributed by atoms with van der Waals surface area (Å²) in [4.78, 5) is 31.8. The first-order valence-corrected chi connectivity index (χ1v) is 19.4. The summed E-state index contributed by atoms with van der Waals surface area (Å²) in [6.45, 7) is 6.31. The minimum Gasteiger partial charge on any atom is -0.385 e. The van der Waals surface area contributed by atoms with Gasteiger partial charge in [0.2, 0.25) is 5.91 Å². The number of amides is 2. The van der Waals surface area contributed by atoms with Gasteiger partial charge in [0.25, 0.3) is 5.91 Å². The Bertz CT molecular complexity index is 1350. The van der Waals surface area contributed by atoms with Crippen molar-refractivity contribution in [2.24, 2.45) is 17.8 Å². The lowest BCUT2D eigenvalue weighted by atomic mass is 9.88. The maximum absolute atomic E-state index is 13.8. The fourth-order valence-corrected chi connectivity index (χ4v) is 6.55. The van der Waals surface area contributed by atoms with E-state index in [0.29, 0.717) is 50.6 Å². The molecule has 0 aromatic carbocycles. The molecule has 0 saturated heterocycles. The normalized spacial score (nSPS) is 16.3. The quantitative estimate of drug-likeness (QED) is 0.0935. The fourth-order valence-electron chi connectivity index (χ4n) is 5.94. The molecule has 0 spiro atoms. The minimum absolute atomic E-state index is 0.0746. The molecule has 2 aromatic heterocycles. The first-order chi connectivity index (χ1) is 22.1. The van der Waals surface area contributed by atoms with Crippen LogP contribution in [0.5, 0.6) is 0 Å². The second-order valence-corrected chi connectivity index (χ2v) is 17.8. The smallest absolute Gasteiger partial charge is 0.268 e. The molecule has 0 radical (unpaired) electrons. The molecule has 2 aliphatic carbocycles. The van der Waals surface area contributed by atoms with Gasteiger partial charge in [0, 0.05) is 55.2 Å². The van der Waals surface area contributed by atoms with Gasteiger partial charge in [-0.15, -0.1) is 0 Å². The van der Waals surface area contributed by atoms with Crippen molar-refractivity contribution < 1.29 is 19.1 Å². The van der Waals surface area contributed by atoms with E-state index in [2.05, 4.69) is 46.6 Å². The van der Waals surface area contributed by atoms with Crippen molar-refractivity contribution in [2.45, 2.75) is 65.1 Å². The zero-order chi connectivity index (χ0) is 33.3. The summed E-state index contributed by atoms with van der Waals surface area (Å²) >= 11 is 0. The van der Waals surface area contributed by atoms with Crippen LogP contribution in [0.2, 0.25) is 0 Å². The maximum atomic E-state index is 13.8. The van der Waals surface area contributed by atoms with Crippen LogP contribution in [-0.2, 0) is 32.2 Å². The molecular weight excluding hydrogens is 602 g/mol. The summed E-state index contributed by atoms with van der Waals surface area (Å²) in [6.07, 6.45) is 16.9. The average molecular weight is 656 g/mol. The lowest BCUT2D eigenvalue weighted by Crippen LogP contribution is -2.51. The number of carbonyl (C=O) groups is 2. The van der Waals surface area contributed by atoms with E-state index in [0.717, 1.165) is 66.6 Å². The van der Waals surface area contributed by atoms with E-state index in [1.54, 1.807) is 13.3 Å². The molecule has 2 aromatic rings. The molecule has 2 saturated carbocycles. The number of hydrogen-bond donors (Lipinski definition) is 4. The molecule has 46 heavy (non-hydrogen) atoms. The number of pyridine rings is 1. The molecule has 2 aliphatic rings. The van der Waals surface area contributed by atoms with Gasteiger partial charge in [0.1, 0.15) is 24.3 Å². The molecule has 254 valence electrons. The summed E-state index contributed by atoms with van der Waals surface area (Å²) in [5, 5.41) is 21.4. The predicted molar refractivity (Wildman–Crippen MR) is 187 cm³/mol. The van der Waals surface area contributed by atoms with Gasteiger partial charge in [-0.2, -0.15) is 5.10 Å². The van der Waals surface area contributed by atoms with Gasteiger partial charge in [-0.25, -0.2) is 19.7 Å². The van der Waals surface area contributed by atoms with Crippen LogP contribution < -0.4 is 16.0 Å². The Labute approximate surface area is 275 Å². The highest BCUT2D eigenvalue weighted by Crippen LogP contribution is 2.51. The molecule has 4 rings (SSSR count). The van der Waals surface area contributed by atoms with Crippen molar-refractivity contribution in [2.75, 3.05) is 56.7 Å². The van der Waals surface area contributed by atoms with Gasteiger partial charge >= 0.3 is 0 Å². The lowest BCUT2D eigenvalue weighted by Gasteiger charge is -2.28. The molecule has 4 N–H and O–H groups in total. The highest BCUT2D eigenvalue weighted by Gasteiger charge is 2.48. The van der Waals surface area contributed by atoms with Crippen LogP contribution in [0.15, 0.2) is 30.1 Å². The third-order valence-electron chi connectivity index (χ3n) is 8.55. The molecule has 2 fully saturated rings. The van der Waals surface area contributed by atoms with E-state index >= 15 is 0 Å². The van der Waals surface area contributed by atoms with E-state index in [-0.39, 0.29) is 23.4 Å². The van der Waals surface area contributed by atoms with Gasteiger partial charge in [-0.1, -0.05) is 6.92 Å². The third-order valence-corrected chi connectivity index (χ3v) is 9.94. The second kappa shape index (κ2) is 16.6. The van der Waals surface area contributed by atoms with Crippen LogP contribution in [0, 0.1) is 30.1 Å². The molecule has 1 atom stereocenters. The van der Waals surface area contributed by atoms with Crippen molar-refractivity contribution in [1.29, 1.82) is 5.41 Å². The predicted octanol–water partition coefficient (Wildman–Crippen LogP) is 4.50. The number of carbonyl (C=O) groups excluding carboxylic acids is 2. The number of aryl methyl sites for hydroxylation is 1. The number of anilines is 1. The molecular formula is C34H53N7O4S. The Morgan fingerprint density at radius 1 is 1.15 bits per heavy atom. The van der Waals surface area contributed by atoms with E-state index in [1.807, 2.05) is 23.7 Å². The number of aromatic nitrogens is 3. The maximum Gasteiger partial charge on any atom is 0.268 e. The molecule has 2 amide bonds. The first kappa shape index (κ1) is 35.6. The van der Waals surface area contributed by atoms with E-state index in [1.165, 1.54) is 6.08 Å². The van der Waals surface area contributed by atoms with Gasteiger partial charge in [0.15, 0.2) is 0 Å². The van der Waals surface area contributed by atoms with Gasteiger partial charge in [-0.3, -0.25) is 9.59 Å². The molecule has 12 heteroatoms. The fraction of sp³-hybridized carbons (Fsp3) is 0.618. The third kappa shape index (κ3) is 10.1. The molecule has 0 bridgehead atoms. The number of methoxy groups -OCH3 is 1. The van der Waals surface area contributed by atoms with Crippen molar-refractivity contribution >= 4 is 33.9 Å². The van der Waals surface area contributed by atoms with E-state index in [9.17, 15) is 9.59 Å². The van der Waals surface area contributed by atoms with E-state index in [4.69, 9.17) is 20.0 Å². The zero-order valence-corrected chi connectivity index (χ0v) is 29.2. The highest BCUT2D eigenvalue weighted by atomic mass is 32.3. The van der Waals surface area contributed by atoms with Crippen molar-refractivity contribution in [3.05, 3.63) is 41.5 Å². The van der Waals surface area contributed by atoms with Crippen LogP contribution in [0.25, 0.3) is 11.1 Å². The Kier molecular flexibility index (Phi) is 12.8. The Hall–Kier alpha value is -3.22. The Morgan fingerprint density at radius 3 is 2.43 bits per heavy atom. The van der Waals surface area contributed by atoms with Crippen molar-refractivity contribution in [3.8, 4) is 11.1 Å². The van der Waals surface area contributed by atoms with Gasteiger partial charge in [0.05, 0.1) is 12.3 Å². The average Bonchev–Trinajstić information content (AvgIpc) is 3.96.